The fraction of sp³-hybridized carbons (Fsp3) is 0.625. The summed E-state index contributed by atoms with van der Waals surface area (Å²) < 4.78 is 10.7. The molecule has 0 aliphatic rings. The van der Waals surface area contributed by atoms with Crippen molar-refractivity contribution in [2.45, 2.75) is 39.0 Å². The number of nitrogens with one attached hydrogen (secondary N) is 1. The Balaban J connectivity index is 2.18. The zero-order valence-corrected chi connectivity index (χ0v) is 13.8. The first-order valence-corrected chi connectivity index (χ1v) is 7.73. The normalized spacial score (nSPS) is 14.4. The van der Waals surface area contributed by atoms with Gasteiger partial charge in [0.05, 0.1) is 32.0 Å². The highest BCUT2D eigenvalue weighted by atomic mass is 35.5. The minimum atomic E-state index is -0.547. The summed E-state index contributed by atoms with van der Waals surface area (Å²) in [5.74, 6) is 0. The molecule has 1 rings (SSSR count). The highest BCUT2D eigenvalue weighted by Gasteiger charge is 2.11. The molecule has 0 aromatic heterocycles. The van der Waals surface area contributed by atoms with Crippen molar-refractivity contribution in [2.75, 3.05) is 26.4 Å². The van der Waals surface area contributed by atoms with E-state index in [1.807, 2.05) is 45.0 Å². The SMILES string of the molecule is CC(C)OCCOCC(O)CN[C@H](C)c1ccccc1Cl. The van der Waals surface area contributed by atoms with E-state index in [2.05, 4.69) is 5.32 Å². The standard InChI is InChI=1S/C16H26ClNO3/c1-12(2)21-9-8-20-11-14(19)10-18-13(3)15-6-4-5-7-16(15)17/h4-7,12-14,18-19H,8-11H2,1-3H3/t13-,14?/m1/s1. The van der Waals surface area contributed by atoms with Crippen molar-refractivity contribution in [1.82, 2.24) is 5.32 Å². The van der Waals surface area contributed by atoms with Crippen LogP contribution in [0.2, 0.25) is 5.02 Å². The van der Waals surface area contributed by atoms with Gasteiger partial charge in [0.1, 0.15) is 0 Å². The molecule has 4 nitrogen and oxygen atoms in total. The quantitative estimate of drug-likeness (QED) is 0.652. The molecule has 0 saturated carbocycles. The van der Waals surface area contributed by atoms with Gasteiger partial charge in [0.2, 0.25) is 0 Å². The molecule has 2 N–H and O–H groups in total. The second kappa shape index (κ2) is 10.1. The van der Waals surface area contributed by atoms with Crippen LogP contribution in [-0.2, 0) is 9.47 Å². The molecule has 0 spiro atoms. The van der Waals surface area contributed by atoms with Gasteiger partial charge in [0.15, 0.2) is 0 Å². The molecule has 2 atom stereocenters. The van der Waals surface area contributed by atoms with Gasteiger partial charge in [-0.3, -0.25) is 0 Å². The number of hydrogen-bond donors (Lipinski definition) is 2. The molecule has 1 aromatic rings. The Morgan fingerprint density at radius 2 is 1.90 bits per heavy atom. The van der Waals surface area contributed by atoms with E-state index in [9.17, 15) is 5.11 Å². The van der Waals surface area contributed by atoms with Crippen molar-refractivity contribution in [3.05, 3.63) is 34.9 Å². The molecule has 0 aliphatic heterocycles. The number of benzene rings is 1. The molecule has 21 heavy (non-hydrogen) atoms. The van der Waals surface area contributed by atoms with Crippen LogP contribution in [0.4, 0.5) is 0 Å². The molecule has 5 heteroatoms. The first kappa shape index (κ1) is 18.4. The predicted molar refractivity (Wildman–Crippen MR) is 85.8 cm³/mol. The largest absolute Gasteiger partial charge is 0.389 e. The Labute approximate surface area is 132 Å². The maximum absolute atomic E-state index is 9.86. The van der Waals surface area contributed by atoms with Crippen molar-refractivity contribution < 1.29 is 14.6 Å². The van der Waals surface area contributed by atoms with Crippen LogP contribution >= 0.6 is 11.6 Å². The lowest BCUT2D eigenvalue weighted by atomic mass is 10.1. The van der Waals surface area contributed by atoms with Gasteiger partial charge >= 0.3 is 0 Å². The van der Waals surface area contributed by atoms with Crippen LogP contribution in [0.25, 0.3) is 0 Å². The zero-order chi connectivity index (χ0) is 15.7. The predicted octanol–water partition coefficient (Wildman–Crippen LogP) is 2.79. The number of rotatable bonds is 10. The van der Waals surface area contributed by atoms with E-state index < -0.39 is 6.10 Å². The molecule has 0 radical (unpaired) electrons. The van der Waals surface area contributed by atoms with E-state index in [4.69, 9.17) is 21.1 Å². The molecule has 0 saturated heterocycles. The Morgan fingerprint density at radius 1 is 1.19 bits per heavy atom. The summed E-state index contributed by atoms with van der Waals surface area (Å²) in [6.07, 6.45) is -0.342. The number of aliphatic hydroxyl groups is 1. The maximum atomic E-state index is 9.86. The molecule has 0 amide bonds. The van der Waals surface area contributed by atoms with Crippen LogP contribution in [0.15, 0.2) is 24.3 Å². The summed E-state index contributed by atoms with van der Waals surface area (Å²) in [5, 5.41) is 13.8. The van der Waals surface area contributed by atoms with E-state index in [1.165, 1.54) is 0 Å². The van der Waals surface area contributed by atoms with Crippen LogP contribution in [0, 0.1) is 0 Å². The molecule has 1 aromatic carbocycles. The van der Waals surface area contributed by atoms with Crippen LogP contribution in [0.1, 0.15) is 32.4 Å². The average Bonchev–Trinajstić information content (AvgIpc) is 2.44. The second-order valence-electron chi connectivity index (χ2n) is 5.30. The summed E-state index contributed by atoms with van der Waals surface area (Å²) in [6, 6.07) is 7.78. The van der Waals surface area contributed by atoms with E-state index in [0.29, 0.717) is 26.4 Å². The monoisotopic (exact) mass is 315 g/mol. The lowest BCUT2D eigenvalue weighted by molar-refractivity contribution is -0.0104. The Kier molecular flexibility index (Phi) is 8.88. The lowest BCUT2D eigenvalue weighted by Gasteiger charge is -2.18. The van der Waals surface area contributed by atoms with Crippen LogP contribution in [0.5, 0.6) is 0 Å². The lowest BCUT2D eigenvalue weighted by Crippen LogP contribution is -2.32. The zero-order valence-electron chi connectivity index (χ0n) is 13.0. The molecule has 0 bridgehead atoms. The Bertz CT molecular complexity index is 401. The van der Waals surface area contributed by atoms with Gasteiger partial charge in [-0.1, -0.05) is 29.8 Å². The van der Waals surface area contributed by atoms with Crippen molar-refractivity contribution >= 4 is 11.6 Å². The summed E-state index contributed by atoms with van der Waals surface area (Å²) in [6.45, 7) is 7.78. The fourth-order valence-electron chi connectivity index (χ4n) is 1.87. The van der Waals surface area contributed by atoms with E-state index in [-0.39, 0.29) is 12.1 Å². The average molecular weight is 316 g/mol. The van der Waals surface area contributed by atoms with Gasteiger partial charge in [0, 0.05) is 17.6 Å². The Hall–Kier alpha value is -0.650. The number of ether oxygens (including phenoxy) is 2. The smallest absolute Gasteiger partial charge is 0.0897 e. The van der Waals surface area contributed by atoms with Crippen LogP contribution in [-0.4, -0.2) is 43.7 Å². The summed E-state index contributed by atoms with van der Waals surface area (Å²) in [4.78, 5) is 0. The maximum Gasteiger partial charge on any atom is 0.0897 e. The minimum absolute atomic E-state index is 0.0811. The van der Waals surface area contributed by atoms with Crippen molar-refractivity contribution in [3.63, 3.8) is 0 Å². The van der Waals surface area contributed by atoms with E-state index in [1.54, 1.807) is 0 Å². The third kappa shape index (κ3) is 7.79. The molecule has 0 heterocycles. The van der Waals surface area contributed by atoms with Gasteiger partial charge in [-0.05, 0) is 32.4 Å². The number of halogens is 1. The molecular weight excluding hydrogens is 290 g/mol. The van der Waals surface area contributed by atoms with E-state index >= 15 is 0 Å². The van der Waals surface area contributed by atoms with Crippen LogP contribution in [0.3, 0.4) is 0 Å². The molecule has 1 unspecified atom stereocenters. The van der Waals surface area contributed by atoms with Crippen molar-refractivity contribution in [1.29, 1.82) is 0 Å². The first-order valence-electron chi connectivity index (χ1n) is 7.36. The minimum Gasteiger partial charge on any atom is -0.389 e. The van der Waals surface area contributed by atoms with Gasteiger partial charge in [-0.2, -0.15) is 0 Å². The summed E-state index contributed by atoms with van der Waals surface area (Å²) in [5.41, 5.74) is 1.03. The summed E-state index contributed by atoms with van der Waals surface area (Å²) >= 11 is 6.14. The molecule has 0 aliphatic carbocycles. The van der Waals surface area contributed by atoms with Crippen LogP contribution < -0.4 is 5.32 Å². The van der Waals surface area contributed by atoms with Gasteiger partial charge in [-0.25, -0.2) is 0 Å². The molecular formula is C16H26ClNO3. The number of aliphatic hydroxyl groups excluding tert-OH is 1. The van der Waals surface area contributed by atoms with Gasteiger partial charge < -0.3 is 19.9 Å². The third-order valence-corrected chi connectivity index (χ3v) is 3.36. The van der Waals surface area contributed by atoms with Gasteiger partial charge in [0.25, 0.3) is 0 Å². The van der Waals surface area contributed by atoms with Crippen molar-refractivity contribution in [2.24, 2.45) is 0 Å². The first-order chi connectivity index (χ1) is 10.0. The topological polar surface area (TPSA) is 50.7 Å². The van der Waals surface area contributed by atoms with Gasteiger partial charge in [-0.15, -0.1) is 0 Å². The Morgan fingerprint density at radius 3 is 2.57 bits per heavy atom. The third-order valence-electron chi connectivity index (χ3n) is 3.02. The van der Waals surface area contributed by atoms with Crippen molar-refractivity contribution in [3.8, 4) is 0 Å². The fourth-order valence-corrected chi connectivity index (χ4v) is 2.17. The summed E-state index contributed by atoms with van der Waals surface area (Å²) in [7, 11) is 0. The highest BCUT2D eigenvalue weighted by molar-refractivity contribution is 6.31. The highest BCUT2D eigenvalue weighted by Crippen LogP contribution is 2.21. The number of hydrogen-bond acceptors (Lipinski definition) is 4. The van der Waals surface area contributed by atoms with E-state index in [0.717, 1.165) is 10.6 Å². The molecule has 0 fully saturated rings. The molecule has 120 valence electrons. The second-order valence-corrected chi connectivity index (χ2v) is 5.71.